The zero-order chi connectivity index (χ0) is 17.9. The van der Waals surface area contributed by atoms with Crippen LogP contribution in [-0.2, 0) is 9.59 Å². The molecule has 0 radical (unpaired) electrons. The van der Waals surface area contributed by atoms with Gasteiger partial charge in [-0.2, -0.15) is 0 Å². The number of aliphatic carboxylic acids is 1. The molecule has 0 aliphatic carbocycles. The molecule has 0 spiro atoms. The smallest absolute Gasteiger partial charge is 0.305 e. The molecule has 1 aromatic rings. The van der Waals surface area contributed by atoms with Crippen molar-refractivity contribution in [3.63, 3.8) is 0 Å². The highest BCUT2D eigenvalue weighted by Crippen LogP contribution is 2.29. The molecule has 132 valence electrons. The average Bonchev–Trinajstić information content (AvgIpc) is 2.93. The number of carbonyl (C=O) groups excluding carboxylic acids is 1. The second-order valence-corrected chi connectivity index (χ2v) is 6.88. The first kappa shape index (κ1) is 18.3. The molecule has 0 saturated carbocycles. The fourth-order valence-electron chi connectivity index (χ4n) is 3.23. The van der Waals surface area contributed by atoms with Crippen LogP contribution in [0.15, 0.2) is 18.2 Å². The number of carboxylic acids is 1. The van der Waals surface area contributed by atoms with Crippen molar-refractivity contribution in [1.82, 2.24) is 4.90 Å². The number of benzene rings is 1. The first-order chi connectivity index (χ1) is 11.3. The SMILES string of the molecule is Cc1ccc(C(C)C)c(OC(C)C(=O)N2CCCC2CC(=O)O)c1. The summed E-state index contributed by atoms with van der Waals surface area (Å²) >= 11 is 0. The molecule has 1 aliphatic rings. The van der Waals surface area contributed by atoms with Crippen molar-refractivity contribution >= 4 is 11.9 Å². The minimum atomic E-state index is -0.867. The summed E-state index contributed by atoms with van der Waals surface area (Å²) in [6.07, 6.45) is 0.962. The third-order valence-corrected chi connectivity index (χ3v) is 4.51. The molecule has 1 aromatic carbocycles. The number of nitrogens with zero attached hydrogens (tertiary/aromatic N) is 1. The van der Waals surface area contributed by atoms with Crippen molar-refractivity contribution in [1.29, 1.82) is 0 Å². The number of ether oxygens (including phenoxy) is 1. The summed E-state index contributed by atoms with van der Waals surface area (Å²) in [6.45, 7) is 8.52. The Morgan fingerprint density at radius 2 is 2.04 bits per heavy atom. The standard InChI is InChI=1S/C19H27NO4/c1-12(2)16-8-7-13(3)10-17(16)24-14(4)19(23)20-9-5-6-15(20)11-18(21)22/h7-8,10,12,14-15H,5-6,9,11H2,1-4H3,(H,21,22). The van der Waals surface area contributed by atoms with Gasteiger partial charge >= 0.3 is 5.97 Å². The quantitative estimate of drug-likeness (QED) is 0.867. The van der Waals surface area contributed by atoms with E-state index in [1.54, 1.807) is 11.8 Å². The van der Waals surface area contributed by atoms with Crippen molar-refractivity contribution in [2.45, 2.75) is 65.0 Å². The molecule has 24 heavy (non-hydrogen) atoms. The van der Waals surface area contributed by atoms with E-state index in [2.05, 4.69) is 13.8 Å². The third-order valence-electron chi connectivity index (χ3n) is 4.51. The van der Waals surface area contributed by atoms with Gasteiger partial charge in [0.05, 0.1) is 6.42 Å². The minimum Gasteiger partial charge on any atom is -0.481 e. The molecule has 1 amide bonds. The van der Waals surface area contributed by atoms with Gasteiger partial charge in [0, 0.05) is 12.6 Å². The van der Waals surface area contributed by atoms with E-state index in [-0.39, 0.29) is 18.4 Å². The number of rotatable bonds is 6. The van der Waals surface area contributed by atoms with E-state index < -0.39 is 12.1 Å². The highest BCUT2D eigenvalue weighted by Gasteiger charge is 2.33. The van der Waals surface area contributed by atoms with Crippen LogP contribution < -0.4 is 4.74 Å². The van der Waals surface area contributed by atoms with E-state index in [1.165, 1.54) is 0 Å². The zero-order valence-electron chi connectivity index (χ0n) is 14.9. The van der Waals surface area contributed by atoms with E-state index in [0.29, 0.717) is 12.5 Å². The monoisotopic (exact) mass is 333 g/mol. The van der Waals surface area contributed by atoms with Gasteiger partial charge in [-0.15, -0.1) is 0 Å². The van der Waals surface area contributed by atoms with Gasteiger partial charge in [-0.25, -0.2) is 0 Å². The summed E-state index contributed by atoms with van der Waals surface area (Å²) in [4.78, 5) is 25.4. The molecule has 1 saturated heterocycles. The maximum atomic E-state index is 12.7. The molecular formula is C19H27NO4. The lowest BCUT2D eigenvalue weighted by atomic mass is 10.0. The Morgan fingerprint density at radius 3 is 2.67 bits per heavy atom. The lowest BCUT2D eigenvalue weighted by Gasteiger charge is -2.27. The third kappa shape index (κ3) is 4.28. The molecule has 2 rings (SSSR count). The lowest BCUT2D eigenvalue weighted by Crippen LogP contribution is -2.44. The van der Waals surface area contributed by atoms with E-state index >= 15 is 0 Å². The summed E-state index contributed by atoms with van der Waals surface area (Å²) in [5.74, 6) is 0.0401. The zero-order valence-corrected chi connectivity index (χ0v) is 14.9. The van der Waals surface area contributed by atoms with Crippen LogP contribution in [0.1, 0.15) is 57.1 Å². The molecule has 1 N–H and O–H groups in total. The summed E-state index contributed by atoms with van der Waals surface area (Å²) in [5.41, 5.74) is 2.16. The van der Waals surface area contributed by atoms with Gasteiger partial charge in [-0.05, 0) is 49.8 Å². The fourth-order valence-corrected chi connectivity index (χ4v) is 3.23. The first-order valence-electron chi connectivity index (χ1n) is 8.59. The summed E-state index contributed by atoms with van der Waals surface area (Å²) in [5, 5.41) is 9.01. The first-order valence-corrected chi connectivity index (χ1v) is 8.59. The molecule has 0 bridgehead atoms. The molecule has 1 heterocycles. The van der Waals surface area contributed by atoms with Gasteiger partial charge in [0.25, 0.3) is 5.91 Å². The Balaban J connectivity index is 2.12. The molecule has 5 nitrogen and oxygen atoms in total. The molecule has 2 atom stereocenters. The van der Waals surface area contributed by atoms with Crippen molar-refractivity contribution in [3.8, 4) is 5.75 Å². The van der Waals surface area contributed by atoms with E-state index in [0.717, 1.165) is 29.7 Å². The molecule has 1 aliphatic heterocycles. The van der Waals surface area contributed by atoms with Crippen LogP contribution in [0.25, 0.3) is 0 Å². The van der Waals surface area contributed by atoms with Gasteiger partial charge in [0.2, 0.25) is 0 Å². The number of carbonyl (C=O) groups is 2. The largest absolute Gasteiger partial charge is 0.481 e. The highest BCUT2D eigenvalue weighted by molar-refractivity contribution is 5.82. The number of likely N-dealkylation sites (tertiary alicyclic amines) is 1. The average molecular weight is 333 g/mol. The van der Waals surface area contributed by atoms with Crippen molar-refractivity contribution in [3.05, 3.63) is 29.3 Å². The predicted molar refractivity (Wildman–Crippen MR) is 92.3 cm³/mol. The van der Waals surface area contributed by atoms with Crippen LogP contribution in [0.2, 0.25) is 0 Å². The molecule has 2 unspecified atom stereocenters. The van der Waals surface area contributed by atoms with Crippen LogP contribution in [-0.4, -0.2) is 40.6 Å². The van der Waals surface area contributed by atoms with Crippen LogP contribution in [0.5, 0.6) is 5.75 Å². The van der Waals surface area contributed by atoms with Crippen molar-refractivity contribution in [2.75, 3.05) is 6.54 Å². The normalized spacial score (nSPS) is 18.7. The minimum absolute atomic E-state index is 0.000148. The second-order valence-electron chi connectivity index (χ2n) is 6.88. The number of amides is 1. The van der Waals surface area contributed by atoms with Gasteiger partial charge in [0.1, 0.15) is 5.75 Å². The Labute approximate surface area is 143 Å². The van der Waals surface area contributed by atoms with Crippen LogP contribution in [0.4, 0.5) is 0 Å². The predicted octanol–water partition coefficient (Wildman–Crippen LogP) is 3.35. The van der Waals surface area contributed by atoms with Gasteiger partial charge < -0.3 is 14.7 Å². The van der Waals surface area contributed by atoms with E-state index in [4.69, 9.17) is 9.84 Å². The molecular weight excluding hydrogens is 306 g/mol. The van der Waals surface area contributed by atoms with Crippen molar-refractivity contribution < 1.29 is 19.4 Å². The maximum absolute atomic E-state index is 12.7. The van der Waals surface area contributed by atoms with Crippen molar-refractivity contribution in [2.24, 2.45) is 0 Å². The van der Waals surface area contributed by atoms with E-state index in [9.17, 15) is 9.59 Å². The molecule has 0 aromatic heterocycles. The molecule has 5 heteroatoms. The summed E-state index contributed by atoms with van der Waals surface area (Å²) in [6, 6.07) is 5.81. The number of aryl methyl sites for hydroxylation is 1. The van der Waals surface area contributed by atoms with Gasteiger partial charge in [-0.3, -0.25) is 9.59 Å². The lowest BCUT2D eigenvalue weighted by molar-refractivity contribution is -0.142. The maximum Gasteiger partial charge on any atom is 0.305 e. The topological polar surface area (TPSA) is 66.8 Å². The fraction of sp³-hybridized carbons (Fsp3) is 0.579. The summed E-state index contributed by atoms with van der Waals surface area (Å²) in [7, 11) is 0. The number of hydrogen-bond acceptors (Lipinski definition) is 3. The van der Waals surface area contributed by atoms with Gasteiger partial charge in [-0.1, -0.05) is 26.0 Å². The second kappa shape index (κ2) is 7.69. The molecule has 1 fully saturated rings. The van der Waals surface area contributed by atoms with Crippen LogP contribution in [0, 0.1) is 6.92 Å². The Morgan fingerprint density at radius 1 is 1.33 bits per heavy atom. The van der Waals surface area contributed by atoms with Crippen LogP contribution >= 0.6 is 0 Å². The highest BCUT2D eigenvalue weighted by atomic mass is 16.5. The summed E-state index contributed by atoms with van der Waals surface area (Å²) < 4.78 is 5.98. The van der Waals surface area contributed by atoms with E-state index in [1.807, 2.05) is 25.1 Å². The number of carboxylic acid groups (broad SMARTS) is 1. The number of hydrogen-bond donors (Lipinski definition) is 1. The van der Waals surface area contributed by atoms with Gasteiger partial charge in [0.15, 0.2) is 6.10 Å². The Kier molecular flexibility index (Phi) is 5.86. The van der Waals surface area contributed by atoms with Crippen LogP contribution in [0.3, 0.4) is 0 Å². The Hall–Kier alpha value is -2.04. The Bertz CT molecular complexity index is 611.